The molecular formula is C20H13ClN2S. The maximum absolute atomic E-state index is 9.39. The summed E-state index contributed by atoms with van der Waals surface area (Å²) in [6.45, 7) is 0. The molecular weight excluding hydrogens is 336 g/mol. The van der Waals surface area contributed by atoms with E-state index < -0.39 is 0 Å². The van der Waals surface area contributed by atoms with E-state index in [-0.39, 0.29) is 0 Å². The Bertz CT molecular complexity index is 916. The number of hydrogen-bond donors (Lipinski definition) is 0. The van der Waals surface area contributed by atoms with Crippen LogP contribution in [0.2, 0.25) is 5.02 Å². The molecule has 0 unspecified atom stereocenters. The van der Waals surface area contributed by atoms with Crippen LogP contribution in [0.5, 0.6) is 0 Å². The molecule has 1 heterocycles. The zero-order chi connectivity index (χ0) is 16.8. The first kappa shape index (κ1) is 16.2. The summed E-state index contributed by atoms with van der Waals surface area (Å²) in [5.41, 5.74) is 3.47. The Morgan fingerprint density at radius 3 is 2.54 bits per heavy atom. The minimum absolute atomic E-state index is 0.549. The number of benzene rings is 2. The molecule has 0 atom stereocenters. The van der Waals surface area contributed by atoms with Crippen LogP contribution in [0.4, 0.5) is 0 Å². The molecule has 0 bridgehead atoms. The average Bonchev–Trinajstić information content (AvgIpc) is 3.10. The Morgan fingerprint density at radius 1 is 1.08 bits per heavy atom. The van der Waals surface area contributed by atoms with Crippen molar-refractivity contribution in [3.63, 3.8) is 0 Å². The van der Waals surface area contributed by atoms with Crippen molar-refractivity contribution >= 4 is 34.6 Å². The van der Waals surface area contributed by atoms with Crippen LogP contribution in [0, 0.1) is 11.3 Å². The monoisotopic (exact) mass is 348 g/mol. The van der Waals surface area contributed by atoms with E-state index in [0.717, 1.165) is 16.8 Å². The van der Waals surface area contributed by atoms with Gasteiger partial charge in [-0.15, -0.1) is 11.3 Å². The lowest BCUT2D eigenvalue weighted by Crippen LogP contribution is -1.81. The van der Waals surface area contributed by atoms with Gasteiger partial charge in [0.25, 0.3) is 0 Å². The predicted molar refractivity (Wildman–Crippen MR) is 102 cm³/mol. The van der Waals surface area contributed by atoms with Gasteiger partial charge < -0.3 is 0 Å². The zero-order valence-electron chi connectivity index (χ0n) is 12.7. The molecule has 0 radical (unpaired) electrons. The molecule has 2 aromatic carbocycles. The fourth-order valence-electron chi connectivity index (χ4n) is 2.13. The second-order valence-electron chi connectivity index (χ2n) is 5.01. The van der Waals surface area contributed by atoms with Gasteiger partial charge in [-0.25, -0.2) is 4.98 Å². The highest BCUT2D eigenvalue weighted by atomic mass is 35.5. The number of nitriles is 1. The first-order valence-corrected chi connectivity index (χ1v) is 8.57. The van der Waals surface area contributed by atoms with Gasteiger partial charge in [-0.1, -0.05) is 66.2 Å². The van der Waals surface area contributed by atoms with Gasteiger partial charge in [-0.3, -0.25) is 0 Å². The van der Waals surface area contributed by atoms with E-state index in [0.29, 0.717) is 15.6 Å². The molecule has 3 aromatic rings. The van der Waals surface area contributed by atoms with Crippen LogP contribution in [0.15, 0.2) is 72.1 Å². The third-order valence-corrected chi connectivity index (χ3v) is 4.47. The molecule has 116 valence electrons. The molecule has 0 aliphatic rings. The van der Waals surface area contributed by atoms with Crippen molar-refractivity contribution in [2.45, 2.75) is 0 Å². The molecule has 4 heteroatoms. The minimum Gasteiger partial charge on any atom is -0.235 e. The summed E-state index contributed by atoms with van der Waals surface area (Å²) in [6.07, 6.45) is 5.62. The summed E-state index contributed by atoms with van der Waals surface area (Å²) in [5, 5.41) is 12.7. The van der Waals surface area contributed by atoms with Crippen LogP contribution in [-0.2, 0) is 0 Å². The van der Waals surface area contributed by atoms with Gasteiger partial charge in [0.1, 0.15) is 11.1 Å². The van der Waals surface area contributed by atoms with Crippen molar-refractivity contribution < 1.29 is 0 Å². The SMILES string of the molecule is N#C/C(=C\C=C/c1ccccc1)c1nc(-c2ccc(Cl)cc2)cs1. The minimum atomic E-state index is 0.549. The fourth-order valence-corrected chi connectivity index (χ4v) is 3.06. The highest BCUT2D eigenvalue weighted by Gasteiger charge is 2.08. The van der Waals surface area contributed by atoms with Gasteiger partial charge in [0, 0.05) is 16.0 Å². The lowest BCUT2D eigenvalue weighted by Gasteiger charge is -1.96. The third-order valence-electron chi connectivity index (χ3n) is 3.35. The van der Waals surface area contributed by atoms with Crippen LogP contribution < -0.4 is 0 Å². The Hall–Kier alpha value is -2.67. The van der Waals surface area contributed by atoms with Crippen LogP contribution in [-0.4, -0.2) is 4.98 Å². The molecule has 2 nitrogen and oxygen atoms in total. The second-order valence-corrected chi connectivity index (χ2v) is 6.30. The Morgan fingerprint density at radius 2 is 1.83 bits per heavy atom. The molecule has 3 rings (SSSR count). The summed E-state index contributed by atoms with van der Waals surface area (Å²) in [7, 11) is 0. The third kappa shape index (κ3) is 3.99. The highest BCUT2D eigenvalue weighted by Crippen LogP contribution is 2.27. The van der Waals surface area contributed by atoms with E-state index in [1.807, 2.05) is 72.1 Å². The Balaban J connectivity index is 1.82. The second kappa shape index (κ2) is 7.74. The van der Waals surface area contributed by atoms with Gasteiger partial charge in [0.05, 0.1) is 11.3 Å². The van der Waals surface area contributed by atoms with Gasteiger partial charge >= 0.3 is 0 Å². The number of thiazole rings is 1. The molecule has 1 aromatic heterocycles. The number of allylic oxidation sites excluding steroid dienone is 3. The highest BCUT2D eigenvalue weighted by molar-refractivity contribution is 7.11. The van der Waals surface area contributed by atoms with E-state index in [9.17, 15) is 5.26 Å². The summed E-state index contributed by atoms with van der Waals surface area (Å²) in [6, 6.07) is 19.7. The maximum atomic E-state index is 9.39. The average molecular weight is 349 g/mol. The molecule has 0 aliphatic heterocycles. The molecule has 0 amide bonds. The number of hydrogen-bond acceptors (Lipinski definition) is 3. The number of halogens is 1. The summed E-state index contributed by atoms with van der Waals surface area (Å²) in [4.78, 5) is 4.56. The molecule has 0 aliphatic carbocycles. The number of nitrogens with zero attached hydrogens (tertiary/aromatic N) is 2. The van der Waals surface area contributed by atoms with E-state index >= 15 is 0 Å². The number of aromatic nitrogens is 1. The van der Waals surface area contributed by atoms with Gasteiger partial charge in [0.15, 0.2) is 0 Å². The first-order valence-electron chi connectivity index (χ1n) is 7.31. The van der Waals surface area contributed by atoms with Crippen molar-refractivity contribution in [1.82, 2.24) is 4.98 Å². The van der Waals surface area contributed by atoms with Gasteiger partial charge in [0.2, 0.25) is 0 Å². The largest absolute Gasteiger partial charge is 0.235 e. The van der Waals surface area contributed by atoms with Crippen molar-refractivity contribution in [1.29, 1.82) is 5.26 Å². The summed E-state index contributed by atoms with van der Waals surface area (Å²) >= 11 is 7.37. The van der Waals surface area contributed by atoms with Crippen LogP contribution in [0.25, 0.3) is 22.9 Å². The lowest BCUT2D eigenvalue weighted by molar-refractivity contribution is 1.37. The topological polar surface area (TPSA) is 36.7 Å². The van der Waals surface area contributed by atoms with E-state index in [4.69, 9.17) is 11.6 Å². The van der Waals surface area contributed by atoms with Gasteiger partial charge in [-0.05, 0) is 23.8 Å². The first-order chi connectivity index (χ1) is 11.8. The van der Waals surface area contributed by atoms with Gasteiger partial charge in [-0.2, -0.15) is 5.26 Å². The standard InChI is InChI=1S/C20H13ClN2S/c21-18-11-9-16(10-12-18)19-14-24-20(23-19)17(13-22)8-4-7-15-5-2-1-3-6-15/h1-12,14H/b7-4-,17-8+. The van der Waals surface area contributed by atoms with Crippen molar-refractivity contribution in [2.24, 2.45) is 0 Å². The normalized spacial score (nSPS) is 11.6. The molecule has 0 saturated carbocycles. The molecule has 0 saturated heterocycles. The smallest absolute Gasteiger partial charge is 0.134 e. The predicted octanol–water partition coefficient (Wildman–Crippen LogP) is 6.08. The zero-order valence-corrected chi connectivity index (χ0v) is 14.3. The van der Waals surface area contributed by atoms with Crippen molar-refractivity contribution in [3.8, 4) is 17.3 Å². The number of rotatable bonds is 4. The van der Waals surface area contributed by atoms with E-state index in [1.165, 1.54) is 11.3 Å². The van der Waals surface area contributed by atoms with E-state index in [1.54, 1.807) is 6.08 Å². The summed E-state index contributed by atoms with van der Waals surface area (Å²) < 4.78 is 0. The van der Waals surface area contributed by atoms with Crippen LogP contribution in [0.3, 0.4) is 0 Å². The maximum Gasteiger partial charge on any atom is 0.134 e. The van der Waals surface area contributed by atoms with E-state index in [2.05, 4.69) is 11.1 Å². The van der Waals surface area contributed by atoms with Crippen LogP contribution in [0.1, 0.15) is 10.6 Å². The quantitative estimate of drug-likeness (QED) is 0.423. The molecule has 0 N–H and O–H groups in total. The Labute approximate surface area is 150 Å². The van der Waals surface area contributed by atoms with Crippen molar-refractivity contribution in [3.05, 3.63) is 87.7 Å². The molecule has 0 spiro atoms. The summed E-state index contributed by atoms with van der Waals surface area (Å²) in [5.74, 6) is 0. The molecule has 24 heavy (non-hydrogen) atoms. The molecule has 0 fully saturated rings. The fraction of sp³-hybridized carbons (Fsp3) is 0. The van der Waals surface area contributed by atoms with Crippen LogP contribution >= 0.6 is 22.9 Å². The Kier molecular flexibility index (Phi) is 5.22. The van der Waals surface area contributed by atoms with Crippen molar-refractivity contribution in [2.75, 3.05) is 0 Å². The lowest BCUT2D eigenvalue weighted by atomic mass is 10.2.